The number of benzene rings is 1. The third-order valence-corrected chi connectivity index (χ3v) is 5.74. The number of anilines is 1. The number of carbonyl (C=O) groups is 1. The maximum absolute atomic E-state index is 11.1. The van der Waals surface area contributed by atoms with Gasteiger partial charge in [0, 0.05) is 35.8 Å². The third kappa shape index (κ3) is 3.87. The van der Waals surface area contributed by atoms with E-state index < -0.39 is 5.97 Å². The van der Waals surface area contributed by atoms with Gasteiger partial charge in [-0.25, -0.2) is 4.79 Å². The fourth-order valence-corrected chi connectivity index (χ4v) is 4.19. The highest BCUT2D eigenvalue weighted by Crippen LogP contribution is 2.27. The van der Waals surface area contributed by atoms with E-state index in [1.807, 2.05) is 0 Å². The summed E-state index contributed by atoms with van der Waals surface area (Å²) >= 11 is 3.49. The van der Waals surface area contributed by atoms with Gasteiger partial charge in [-0.15, -0.1) is 0 Å². The minimum Gasteiger partial charge on any atom is -0.478 e. The number of nitrogens with two attached hydrogens (primary N) is 1. The molecule has 6 heteroatoms. The van der Waals surface area contributed by atoms with Crippen LogP contribution in [0, 0.1) is 0 Å². The quantitative estimate of drug-likeness (QED) is 0.784. The highest BCUT2D eigenvalue weighted by atomic mass is 79.9. The van der Waals surface area contributed by atoms with Gasteiger partial charge in [-0.2, -0.15) is 0 Å². The summed E-state index contributed by atoms with van der Waals surface area (Å²) in [5.41, 5.74) is 7.44. The van der Waals surface area contributed by atoms with Crippen LogP contribution in [0.15, 0.2) is 16.6 Å². The second kappa shape index (κ2) is 7.20. The van der Waals surface area contributed by atoms with Gasteiger partial charge >= 0.3 is 5.97 Å². The van der Waals surface area contributed by atoms with Crippen LogP contribution in [0.2, 0.25) is 0 Å². The van der Waals surface area contributed by atoms with E-state index in [1.165, 1.54) is 38.8 Å². The van der Waals surface area contributed by atoms with Crippen molar-refractivity contribution in [2.24, 2.45) is 0 Å². The SMILES string of the molecule is Nc1cc(CN2CCC(N3CCCCC3)C2)c(Br)cc1C(=O)O. The molecule has 2 aliphatic heterocycles. The fourth-order valence-electron chi connectivity index (χ4n) is 3.72. The van der Waals surface area contributed by atoms with Gasteiger partial charge in [0.1, 0.15) is 0 Å². The Hall–Kier alpha value is -1.11. The fraction of sp³-hybridized carbons (Fsp3) is 0.588. The van der Waals surface area contributed by atoms with E-state index in [9.17, 15) is 4.79 Å². The monoisotopic (exact) mass is 381 g/mol. The maximum atomic E-state index is 11.1. The van der Waals surface area contributed by atoms with Crippen LogP contribution in [-0.4, -0.2) is 53.1 Å². The van der Waals surface area contributed by atoms with Crippen molar-refractivity contribution in [3.8, 4) is 0 Å². The van der Waals surface area contributed by atoms with Crippen molar-refractivity contribution in [3.05, 3.63) is 27.7 Å². The number of carboxylic acids is 1. The molecule has 1 aromatic carbocycles. The molecule has 2 aliphatic rings. The average Bonchev–Trinajstić information content (AvgIpc) is 3.00. The molecule has 2 heterocycles. The minimum absolute atomic E-state index is 0.160. The molecule has 23 heavy (non-hydrogen) atoms. The molecule has 1 unspecified atom stereocenters. The van der Waals surface area contributed by atoms with E-state index in [4.69, 9.17) is 10.8 Å². The molecule has 2 fully saturated rings. The number of carboxylic acid groups (broad SMARTS) is 1. The van der Waals surface area contributed by atoms with Crippen molar-refractivity contribution in [2.75, 3.05) is 31.9 Å². The van der Waals surface area contributed by atoms with Gasteiger partial charge in [0.05, 0.1) is 5.56 Å². The van der Waals surface area contributed by atoms with Crippen molar-refractivity contribution >= 4 is 27.6 Å². The highest BCUT2D eigenvalue weighted by Gasteiger charge is 2.28. The summed E-state index contributed by atoms with van der Waals surface area (Å²) in [5.74, 6) is -0.985. The highest BCUT2D eigenvalue weighted by molar-refractivity contribution is 9.10. The zero-order valence-corrected chi connectivity index (χ0v) is 14.9. The number of nitrogen functional groups attached to an aromatic ring is 1. The molecule has 0 amide bonds. The number of likely N-dealkylation sites (tertiary alicyclic amines) is 2. The topological polar surface area (TPSA) is 69.8 Å². The maximum Gasteiger partial charge on any atom is 0.337 e. The molecule has 0 saturated carbocycles. The molecule has 1 atom stereocenters. The van der Waals surface area contributed by atoms with Crippen molar-refractivity contribution in [2.45, 2.75) is 38.3 Å². The van der Waals surface area contributed by atoms with Crippen LogP contribution in [0.4, 0.5) is 5.69 Å². The Kier molecular flexibility index (Phi) is 5.24. The third-order valence-electron chi connectivity index (χ3n) is 5.00. The summed E-state index contributed by atoms with van der Waals surface area (Å²) in [5, 5.41) is 9.13. The van der Waals surface area contributed by atoms with Crippen LogP contribution < -0.4 is 5.73 Å². The Morgan fingerprint density at radius 1 is 1.26 bits per heavy atom. The van der Waals surface area contributed by atoms with Crippen LogP contribution in [0.25, 0.3) is 0 Å². The first-order valence-corrected chi connectivity index (χ1v) is 9.11. The van der Waals surface area contributed by atoms with Crippen molar-refractivity contribution in [1.29, 1.82) is 0 Å². The number of hydrogen-bond acceptors (Lipinski definition) is 4. The molecule has 0 bridgehead atoms. The molecule has 1 aromatic rings. The predicted octanol–water partition coefficient (Wildman–Crippen LogP) is 2.79. The summed E-state index contributed by atoms with van der Waals surface area (Å²) in [6.07, 6.45) is 5.25. The summed E-state index contributed by atoms with van der Waals surface area (Å²) < 4.78 is 0.825. The van der Waals surface area contributed by atoms with Gasteiger partial charge < -0.3 is 10.8 Å². The minimum atomic E-state index is -0.985. The lowest BCUT2D eigenvalue weighted by Crippen LogP contribution is -2.40. The molecular formula is C17H24BrN3O2. The standard InChI is InChI=1S/C17H24BrN3O2/c18-15-9-14(17(22)23)16(19)8-12(15)10-20-7-4-13(11-20)21-5-2-1-3-6-21/h8-9,13H,1-7,10-11,19H2,(H,22,23). The molecular weight excluding hydrogens is 358 g/mol. The van der Waals surface area contributed by atoms with Gasteiger partial charge in [-0.1, -0.05) is 22.4 Å². The molecule has 0 aliphatic carbocycles. The van der Waals surface area contributed by atoms with E-state index in [2.05, 4.69) is 25.7 Å². The van der Waals surface area contributed by atoms with Crippen LogP contribution in [0.1, 0.15) is 41.6 Å². The van der Waals surface area contributed by atoms with Crippen molar-refractivity contribution in [3.63, 3.8) is 0 Å². The van der Waals surface area contributed by atoms with Crippen molar-refractivity contribution < 1.29 is 9.90 Å². The summed E-state index contributed by atoms with van der Waals surface area (Å²) in [6.45, 7) is 5.47. The number of halogens is 1. The second-order valence-corrected chi connectivity index (χ2v) is 7.46. The predicted molar refractivity (Wildman–Crippen MR) is 94.6 cm³/mol. The van der Waals surface area contributed by atoms with E-state index in [0.717, 1.165) is 29.7 Å². The number of aromatic carboxylic acids is 1. The number of nitrogens with zero attached hydrogens (tertiary/aromatic N) is 2. The lowest BCUT2D eigenvalue weighted by molar-refractivity contribution is 0.0698. The smallest absolute Gasteiger partial charge is 0.337 e. The second-order valence-electron chi connectivity index (χ2n) is 6.61. The average molecular weight is 382 g/mol. The van der Waals surface area contributed by atoms with E-state index >= 15 is 0 Å². The lowest BCUT2D eigenvalue weighted by atomic mass is 10.1. The van der Waals surface area contributed by atoms with Gasteiger partial charge in [-0.05, 0) is 50.0 Å². The molecule has 2 saturated heterocycles. The summed E-state index contributed by atoms with van der Waals surface area (Å²) in [7, 11) is 0. The number of rotatable bonds is 4. The van der Waals surface area contributed by atoms with Crippen LogP contribution in [0.5, 0.6) is 0 Å². The first kappa shape index (κ1) is 16.7. The Morgan fingerprint density at radius 3 is 2.70 bits per heavy atom. The Balaban J connectivity index is 1.64. The Bertz CT molecular complexity index is 587. The molecule has 0 aromatic heterocycles. The number of hydrogen-bond donors (Lipinski definition) is 2. The Labute approximate surface area is 145 Å². The van der Waals surface area contributed by atoms with E-state index in [0.29, 0.717) is 11.7 Å². The largest absolute Gasteiger partial charge is 0.478 e. The zero-order chi connectivity index (χ0) is 16.4. The van der Waals surface area contributed by atoms with Crippen molar-refractivity contribution in [1.82, 2.24) is 9.80 Å². The van der Waals surface area contributed by atoms with Gasteiger partial charge in [0.2, 0.25) is 0 Å². The molecule has 126 valence electrons. The van der Waals surface area contributed by atoms with E-state index in [-0.39, 0.29) is 5.56 Å². The zero-order valence-electron chi connectivity index (χ0n) is 13.3. The van der Waals surface area contributed by atoms with Crippen LogP contribution in [0.3, 0.4) is 0 Å². The number of piperidine rings is 1. The molecule has 0 radical (unpaired) electrons. The summed E-state index contributed by atoms with van der Waals surface area (Å²) in [4.78, 5) is 16.2. The molecule has 0 spiro atoms. The van der Waals surface area contributed by atoms with Crippen LogP contribution in [-0.2, 0) is 6.54 Å². The van der Waals surface area contributed by atoms with Crippen LogP contribution >= 0.6 is 15.9 Å². The van der Waals surface area contributed by atoms with Gasteiger partial charge in [0.25, 0.3) is 0 Å². The summed E-state index contributed by atoms with van der Waals surface area (Å²) in [6, 6.07) is 4.08. The normalized spacial score (nSPS) is 23.3. The molecule has 5 nitrogen and oxygen atoms in total. The Morgan fingerprint density at radius 2 is 2.00 bits per heavy atom. The first-order chi connectivity index (χ1) is 11.0. The molecule has 3 rings (SSSR count). The van der Waals surface area contributed by atoms with Gasteiger partial charge in [-0.3, -0.25) is 9.80 Å². The van der Waals surface area contributed by atoms with E-state index in [1.54, 1.807) is 12.1 Å². The lowest BCUT2D eigenvalue weighted by Gasteiger charge is -2.32. The van der Waals surface area contributed by atoms with Gasteiger partial charge in [0.15, 0.2) is 0 Å². The first-order valence-electron chi connectivity index (χ1n) is 8.32. The molecule has 3 N–H and O–H groups in total.